The molecule has 1 aliphatic rings. The minimum atomic E-state index is -0.395. The highest BCUT2D eigenvalue weighted by Crippen LogP contribution is 2.16. The summed E-state index contributed by atoms with van der Waals surface area (Å²) in [6.45, 7) is 1.99. The van der Waals surface area contributed by atoms with Crippen molar-refractivity contribution in [3.63, 3.8) is 0 Å². The molecule has 2 aromatic rings. The number of urea groups is 1. The van der Waals surface area contributed by atoms with E-state index < -0.39 is 6.09 Å². The predicted molar refractivity (Wildman–Crippen MR) is 101 cm³/mol. The molecular weight excluding hydrogens is 354 g/mol. The Balaban J connectivity index is 1.54. The summed E-state index contributed by atoms with van der Waals surface area (Å²) < 4.78 is 5.37. The van der Waals surface area contributed by atoms with Gasteiger partial charge in [-0.2, -0.15) is 0 Å². The monoisotopic (exact) mass is 373 g/mol. The molecule has 1 aliphatic heterocycles. The van der Waals surface area contributed by atoms with Gasteiger partial charge in [0.25, 0.3) is 0 Å². The van der Waals surface area contributed by atoms with Gasteiger partial charge in [0.1, 0.15) is 5.75 Å². The molecule has 3 amide bonds. The van der Waals surface area contributed by atoms with Crippen LogP contribution in [0.4, 0.5) is 15.3 Å². The zero-order chi connectivity index (χ0) is 18.4. The summed E-state index contributed by atoms with van der Waals surface area (Å²) in [5.41, 5.74) is 0.645. The van der Waals surface area contributed by atoms with Gasteiger partial charge in [0.2, 0.25) is 0 Å². The average Bonchev–Trinajstić information content (AvgIpc) is 2.89. The number of carbonyl (C=O) groups excluding carboxylic acids is 2. The van der Waals surface area contributed by atoms with Crippen molar-refractivity contribution in [3.8, 4) is 5.75 Å². The van der Waals surface area contributed by atoms with Gasteiger partial charge in [0.05, 0.1) is 0 Å². The first-order valence-electron chi connectivity index (χ1n) is 8.45. The second-order valence-electron chi connectivity index (χ2n) is 5.95. The van der Waals surface area contributed by atoms with Crippen LogP contribution in [0.5, 0.6) is 5.75 Å². The van der Waals surface area contributed by atoms with E-state index >= 15 is 0 Å². The lowest BCUT2D eigenvalue weighted by Gasteiger charge is -2.22. The quantitative estimate of drug-likeness (QED) is 0.862. The van der Waals surface area contributed by atoms with E-state index in [1.54, 1.807) is 46.2 Å². The highest BCUT2D eigenvalue weighted by Gasteiger charge is 2.23. The fraction of sp³-hybridized carbons (Fsp3) is 0.263. The Bertz CT molecular complexity index is 770. The summed E-state index contributed by atoms with van der Waals surface area (Å²) in [6.07, 6.45) is 0.292. The normalized spacial score (nSPS) is 14.5. The highest BCUT2D eigenvalue weighted by atomic mass is 35.5. The predicted octanol–water partition coefficient (Wildman–Crippen LogP) is 4.08. The SMILES string of the molecule is O=C(Nc1cccc(Cl)c1)N1CCCN(C(=O)Oc2ccccc2)CC1. The van der Waals surface area contributed by atoms with E-state index in [1.807, 2.05) is 18.2 Å². The maximum atomic E-state index is 12.4. The van der Waals surface area contributed by atoms with Crippen LogP contribution in [0.15, 0.2) is 54.6 Å². The average molecular weight is 374 g/mol. The number of hydrogen-bond acceptors (Lipinski definition) is 3. The second-order valence-corrected chi connectivity index (χ2v) is 6.39. The lowest BCUT2D eigenvalue weighted by molar-refractivity contribution is 0.153. The van der Waals surface area contributed by atoms with Crippen LogP contribution in [0.3, 0.4) is 0 Å². The summed E-state index contributed by atoms with van der Waals surface area (Å²) in [5, 5.41) is 3.40. The Morgan fingerprint density at radius 2 is 1.65 bits per heavy atom. The maximum absolute atomic E-state index is 12.4. The van der Waals surface area contributed by atoms with E-state index in [0.29, 0.717) is 49.1 Å². The van der Waals surface area contributed by atoms with E-state index in [4.69, 9.17) is 16.3 Å². The Hall–Kier alpha value is -2.73. The summed E-state index contributed by atoms with van der Waals surface area (Å²) in [7, 11) is 0. The van der Waals surface area contributed by atoms with Crippen LogP contribution < -0.4 is 10.1 Å². The van der Waals surface area contributed by atoms with E-state index in [9.17, 15) is 9.59 Å². The fourth-order valence-electron chi connectivity index (χ4n) is 2.73. The molecule has 2 aromatic carbocycles. The number of anilines is 1. The van der Waals surface area contributed by atoms with Crippen LogP contribution in [-0.4, -0.2) is 48.1 Å². The van der Waals surface area contributed by atoms with Gasteiger partial charge in [0, 0.05) is 36.9 Å². The Kier molecular flexibility index (Phi) is 5.96. The van der Waals surface area contributed by atoms with Gasteiger partial charge in [0.15, 0.2) is 0 Å². The van der Waals surface area contributed by atoms with Crippen molar-refractivity contribution in [1.82, 2.24) is 9.80 Å². The number of para-hydroxylation sites is 1. The minimum Gasteiger partial charge on any atom is -0.410 e. The number of nitrogens with one attached hydrogen (secondary N) is 1. The lowest BCUT2D eigenvalue weighted by atomic mass is 10.3. The number of hydrogen-bond donors (Lipinski definition) is 1. The van der Waals surface area contributed by atoms with E-state index in [1.165, 1.54) is 0 Å². The molecule has 7 heteroatoms. The van der Waals surface area contributed by atoms with Crippen molar-refractivity contribution in [2.45, 2.75) is 6.42 Å². The van der Waals surface area contributed by atoms with Crippen molar-refractivity contribution in [3.05, 3.63) is 59.6 Å². The van der Waals surface area contributed by atoms with Crippen LogP contribution in [0, 0.1) is 0 Å². The third kappa shape index (κ3) is 4.89. The molecule has 0 bridgehead atoms. The number of halogens is 1. The van der Waals surface area contributed by atoms with Gasteiger partial charge in [-0.1, -0.05) is 35.9 Å². The first kappa shape index (κ1) is 18.1. The number of ether oxygens (including phenoxy) is 1. The number of carbonyl (C=O) groups is 2. The van der Waals surface area contributed by atoms with Crippen LogP contribution in [0.2, 0.25) is 5.02 Å². The molecule has 3 rings (SSSR count). The molecule has 1 fully saturated rings. The molecule has 1 saturated heterocycles. The fourth-order valence-corrected chi connectivity index (χ4v) is 2.92. The molecule has 26 heavy (non-hydrogen) atoms. The van der Waals surface area contributed by atoms with Gasteiger partial charge in [-0.25, -0.2) is 9.59 Å². The van der Waals surface area contributed by atoms with Crippen molar-refractivity contribution in [2.75, 3.05) is 31.5 Å². The van der Waals surface area contributed by atoms with Gasteiger partial charge < -0.3 is 19.9 Å². The van der Waals surface area contributed by atoms with Crippen LogP contribution in [0.1, 0.15) is 6.42 Å². The van der Waals surface area contributed by atoms with Gasteiger partial charge >= 0.3 is 12.1 Å². The summed E-state index contributed by atoms with van der Waals surface area (Å²) in [6, 6.07) is 15.8. The Morgan fingerprint density at radius 3 is 2.42 bits per heavy atom. The molecule has 0 spiro atoms. The molecule has 0 aromatic heterocycles. The minimum absolute atomic E-state index is 0.203. The van der Waals surface area contributed by atoms with E-state index in [-0.39, 0.29) is 6.03 Å². The van der Waals surface area contributed by atoms with Crippen molar-refractivity contribution in [2.24, 2.45) is 0 Å². The standard InChI is InChI=1S/C19H20ClN3O3/c20-15-6-4-7-16(14-15)21-18(24)22-10-5-11-23(13-12-22)19(25)26-17-8-2-1-3-9-17/h1-4,6-9,14H,5,10-13H2,(H,21,24). The Labute approximate surface area is 157 Å². The molecular formula is C19H20ClN3O3. The molecule has 136 valence electrons. The van der Waals surface area contributed by atoms with Crippen LogP contribution in [0.25, 0.3) is 0 Å². The van der Waals surface area contributed by atoms with Gasteiger partial charge in [-0.15, -0.1) is 0 Å². The van der Waals surface area contributed by atoms with Gasteiger partial charge in [-0.05, 0) is 36.8 Å². The smallest absolute Gasteiger partial charge is 0.410 e. The van der Waals surface area contributed by atoms with Crippen molar-refractivity contribution >= 4 is 29.4 Å². The van der Waals surface area contributed by atoms with Crippen molar-refractivity contribution in [1.29, 1.82) is 0 Å². The molecule has 0 atom stereocenters. The molecule has 0 unspecified atom stereocenters. The molecule has 1 heterocycles. The molecule has 0 saturated carbocycles. The molecule has 6 nitrogen and oxygen atoms in total. The first-order chi connectivity index (χ1) is 12.6. The molecule has 0 aliphatic carbocycles. The van der Waals surface area contributed by atoms with Gasteiger partial charge in [-0.3, -0.25) is 0 Å². The highest BCUT2D eigenvalue weighted by molar-refractivity contribution is 6.30. The molecule has 0 radical (unpaired) electrons. The van der Waals surface area contributed by atoms with E-state index in [0.717, 1.165) is 0 Å². The van der Waals surface area contributed by atoms with Crippen molar-refractivity contribution < 1.29 is 14.3 Å². The number of amides is 3. The van der Waals surface area contributed by atoms with Crippen LogP contribution >= 0.6 is 11.6 Å². The number of nitrogens with zero attached hydrogens (tertiary/aromatic N) is 2. The number of rotatable bonds is 2. The second kappa shape index (κ2) is 8.58. The summed E-state index contributed by atoms with van der Waals surface area (Å²) in [4.78, 5) is 28.0. The first-order valence-corrected chi connectivity index (χ1v) is 8.83. The third-order valence-corrected chi connectivity index (χ3v) is 4.30. The summed E-state index contributed by atoms with van der Waals surface area (Å²) in [5.74, 6) is 0.511. The zero-order valence-corrected chi connectivity index (χ0v) is 15.0. The number of benzene rings is 2. The van der Waals surface area contributed by atoms with Crippen LogP contribution in [-0.2, 0) is 0 Å². The largest absolute Gasteiger partial charge is 0.415 e. The third-order valence-electron chi connectivity index (χ3n) is 4.07. The van der Waals surface area contributed by atoms with E-state index in [2.05, 4.69) is 5.32 Å². The topological polar surface area (TPSA) is 61.9 Å². The maximum Gasteiger partial charge on any atom is 0.415 e. The zero-order valence-electron chi connectivity index (χ0n) is 14.2. The lowest BCUT2D eigenvalue weighted by Crippen LogP contribution is -2.40. The molecule has 1 N–H and O–H groups in total. The summed E-state index contributed by atoms with van der Waals surface area (Å²) >= 11 is 5.94. The Morgan fingerprint density at radius 1 is 0.923 bits per heavy atom.